The molecule has 1 aliphatic heterocycles. The normalized spacial score (nSPS) is 24.5. The van der Waals surface area contributed by atoms with E-state index in [1.807, 2.05) is 13.8 Å². The van der Waals surface area contributed by atoms with Gasteiger partial charge in [-0.2, -0.15) is 4.98 Å². The second-order valence-corrected chi connectivity index (χ2v) is 7.50. The summed E-state index contributed by atoms with van der Waals surface area (Å²) in [6, 6.07) is 0.0211. The monoisotopic (exact) mass is 336 g/mol. The first-order valence-corrected chi connectivity index (χ1v) is 9.23. The van der Waals surface area contributed by atoms with Crippen LogP contribution in [0, 0.1) is 4.91 Å². The third-order valence-corrected chi connectivity index (χ3v) is 5.42. The van der Waals surface area contributed by atoms with Crippen molar-refractivity contribution >= 4 is 0 Å². The Kier molecular flexibility index (Phi) is 5.48. The fourth-order valence-electron chi connectivity index (χ4n) is 4.07. The zero-order chi connectivity index (χ0) is 17.0. The van der Waals surface area contributed by atoms with Crippen LogP contribution >= 0.6 is 0 Å². The Balaban J connectivity index is 1.73. The van der Waals surface area contributed by atoms with Crippen LogP contribution in [0.3, 0.4) is 0 Å². The van der Waals surface area contributed by atoms with Crippen molar-refractivity contribution in [3.05, 3.63) is 16.6 Å². The molecule has 1 unspecified atom stereocenters. The lowest BCUT2D eigenvalue weighted by atomic mass is 9.91. The molecule has 0 N–H and O–H groups in total. The Hall–Kier alpha value is -1.50. The number of hydrogen-bond acceptors (Lipinski definition) is 7. The Morgan fingerprint density at radius 1 is 1.12 bits per heavy atom. The number of rotatable bonds is 5. The third kappa shape index (κ3) is 3.77. The lowest BCUT2D eigenvalue weighted by molar-refractivity contribution is -0.140. The van der Waals surface area contributed by atoms with Crippen LogP contribution in [-0.2, 0) is 4.84 Å². The average molecular weight is 336 g/mol. The van der Waals surface area contributed by atoms with Crippen molar-refractivity contribution in [2.45, 2.75) is 89.3 Å². The van der Waals surface area contributed by atoms with E-state index in [0.29, 0.717) is 11.7 Å². The van der Waals surface area contributed by atoms with Crippen molar-refractivity contribution in [3.8, 4) is 0 Å². The highest BCUT2D eigenvalue weighted by atomic mass is 16.7. The summed E-state index contributed by atoms with van der Waals surface area (Å²) in [5, 5.41) is 6.88. The molecule has 2 aliphatic rings. The van der Waals surface area contributed by atoms with E-state index in [9.17, 15) is 4.91 Å². The minimum absolute atomic E-state index is 0.0211. The Labute approximate surface area is 143 Å². The molecular formula is C17H28N4O3. The topological polar surface area (TPSA) is 80.8 Å². The van der Waals surface area contributed by atoms with Crippen LogP contribution in [0.2, 0.25) is 0 Å². The van der Waals surface area contributed by atoms with Crippen LogP contribution < -0.4 is 0 Å². The second-order valence-electron chi connectivity index (χ2n) is 7.50. The van der Waals surface area contributed by atoms with Gasteiger partial charge in [0, 0.05) is 12.5 Å². The van der Waals surface area contributed by atoms with E-state index in [-0.39, 0.29) is 6.04 Å². The molecule has 7 nitrogen and oxygen atoms in total. The van der Waals surface area contributed by atoms with Crippen LogP contribution in [0.5, 0.6) is 0 Å². The molecule has 1 aliphatic carbocycles. The number of nitrogens with zero attached hydrogens (tertiary/aromatic N) is 4. The van der Waals surface area contributed by atoms with Gasteiger partial charge in [-0.1, -0.05) is 37.3 Å². The van der Waals surface area contributed by atoms with Gasteiger partial charge in [0.1, 0.15) is 0 Å². The van der Waals surface area contributed by atoms with E-state index in [4.69, 9.17) is 14.3 Å². The van der Waals surface area contributed by atoms with Crippen molar-refractivity contribution in [2.24, 2.45) is 5.34 Å². The van der Waals surface area contributed by atoms with Gasteiger partial charge in [-0.3, -0.25) is 4.90 Å². The van der Waals surface area contributed by atoms with E-state index in [0.717, 1.165) is 38.1 Å². The molecule has 134 valence electrons. The molecule has 7 heteroatoms. The molecule has 1 saturated carbocycles. The number of likely N-dealkylation sites (tertiary alicyclic amines) is 1. The van der Waals surface area contributed by atoms with Crippen LogP contribution in [0.1, 0.15) is 95.3 Å². The lowest BCUT2D eigenvalue weighted by Crippen LogP contribution is -2.44. The van der Waals surface area contributed by atoms with Gasteiger partial charge in [0.25, 0.3) is 0 Å². The largest absolute Gasteiger partial charge is 0.342 e. The SMILES string of the molecule is CC(C)(ON=O)N1CCCC1c1noc(C2CCCCCCC2)n1. The summed E-state index contributed by atoms with van der Waals surface area (Å²) in [5.74, 6) is 1.89. The first kappa shape index (κ1) is 17.3. The predicted octanol–water partition coefficient (Wildman–Crippen LogP) is 4.47. The highest BCUT2D eigenvalue weighted by Crippen LogP contribution is 2.38. The first-order chi connectivity index (χ1) is 11.6. The fraction of sp³-hybridized carbons (Fsp3) is 0.882. The minimum Gasteiger partial charge on any atom is -0.342 e. The summed E-state index contributed by atoms with van der Waals surface area (Å²) >= 11 is 0. The molecule has 0 radical (unpaired) electrons. The van der Waals surface area contributed by atoms with Gasteiger partial charge in [-0.25, -0.2) is 0 Å². The Morgan fingerprint density at radius 2 is 1.83 bits per heavy atom. The smallest absolute Gasteiger partial charge is 0.229 e. The first-order valence-electron chi connectivity index (χ1n) is 9.23. The molecule has 1 atom stereocenters. The summed E-state index contributed by atoms with van der Waals surface area (Å²) in [7, 11) is 0. The molecule has 3 rings (SSSR count). The molecule has 0 amide bonds. The molecular weight excluding hydrogens is 308 g/mol. The van der Waals surface area contributed by atoms with Crippen LogP contribution in [-0.4, -0.2) is 27.3 Å². The van der Waals surface area contributed by atoms with Crippen molar-refractivity contribution in [3.63, 3.8) is 0 Å². The lowest BCUT2D eigenvalue weighted by Gasteiger charge is -2.34. The highest BCUT2D eigenvalue weighted by Gasteiger charge is 2.41. The zero-order valence-electron chi connectivity index (χ0n) is 14.7. The Morgan fingerprint density at radius 3 is 2.54 bits per heavy atom. The molecule has 2 heterocycles. The van der Waals surface area contributed by atoms with Crippen molar-refractivity contribution in [1.82, 2.24) is 15.0 Å². The molecule has 24 heavy (non-hydrogen) atoms. The van der Waals surface area contributed by atoms with E-state index >= 15 is 0 Å². The third-order valence-electron chi connectivity index (χ3n) is 5.42. The van der Waals surface area contributed by atoms with Gasteiger partial charge in [0.2, 0.25) is 5.89 Å². The van der Waals surface area contributed by atoms with E-state index < -0.39 is 5.72 Å². The summed E-state index contributed by atoms with van der Waals surface area (Å²) in [6.07, 6.45) is 10.7. The van der Waals surface area contributed by atoms with Gasteiger partial charge in [0.05, 0.1) is 6.04 Å². The summed E-state index contributed by atoms with van der Waals surface area (Å²) in [6.45, 7) is 4.53. The molecule has 1 aromatic rings. The molecule has 1 aromatic heterocycles. The maximum Gasteiger partial charge on any atom is 0.229 e. The Bertz CT molecular complexity index is 538. The standard InChI is InChI=1S/C17H28N4O3/c1-17(2,24-20-22)21-12-8-11-14(21)15-18-16(23-19-15)13-9-6-4-3-5-7-10-13/h13-14H,3-12H2,1-2H3. The molecule has 1 saturated heterocycles. The highest BCUT2D eigenvalue weighted by molar-refractivity contribution is 5.03. The quantitative estimate of drug-likeness (QED) is 0.583. The fourth-order valence-corrected chi connectivity index (χ4v) is 4.07. The maximum atomic E-state index is 10.5. The van der Waals surface area contributed by atoms with Gasteiger partial charge in [-0.15, -0.1) is 4.91 Å². The zero-order valence-corrected chi connectivity index (χ0v) is 14.7. The van der Waals surface area contributed by atoms with E-state index in [1.54, 1.807) is 0 Å². The molecule has 0 bridgehead atoms. The van der Waals surface area contributed by atoms with Crippen molar-refractivity contribution < 1.29 is 9.36 Å². The minimum atomic E-state index is -0.760. The maximum absolute atomic E-state index is 10.5. The van der Waals surface area contributed by atoms with Crippen molar-refractivity contribution in [1.29, 1.82) is 0 Å². The van der Waals surface area contributed by atoms with Crippen molar-refractivity contribution in [2.75, 3.05) is 6.54 Å². The second kappa shape index (κ2) is 7.59. The average Bonchev–Trinajstić information content (AvgIpc) is 3.16. The molecule has 0 spiro atoms. The van der Waals surface area contributed by atoms with Gasteiger partial charge in [0.15, 0.2) is 16.9 Å². The summed E-state index contributed by atoms with van der Waals surface area (Å²) in [4.78, 5) is 22.4. The molecule has 0 aromatic carbocycles. The van der Waals surface area contributed by atoms with Crippen LogP contribution in [0.25, 0.3) is 0 Å². The van der Waals surface area contributed by atoms with Gasteiger partial charge >= 0.3 is 0 Å². The van der Waals surface area contributed by atoms with E-state index in [1.165, 1.54) is 32.1 Å². The van der Waals surface area contributed by atoms with Gasteiger partial charge in [-0.05, 0) is 39.5 Å². The number of hydrogen-bond donors (Lipinski definition) is 0. The van der Waals surface area contributed by atoms with Gasteiger partial charge < -0.3 is 9.36 Å². The number of aromatic nitrogens is 2. The van der Waals surface area contributed by atoms with Crippen LogP contribution in [0.4, 0.5) is 0 Å². The summed E-state index contributed by atoms with van der Waals surface area (Å²) in [5.41, 5.74) is -0.760. The van der Waals surface area contributed by atoms with Crippen LogP contribution in [0.15, 0.2) is 9.86 Å². The predicted molar refractivity (Wildman–Crippen MR) is 89.0 cm³/mol. The van der Waals surface area contributed by atoms with E-state index in [2.05, 4.69) is 15.4 Å². The molecule has 2 fully saturated rings. The summed E-state index contributed by atoms with van der Waals surface area (Å²) < 4.78 is 5.62.